The molecule has 0 radical (unpaired) electrons. The number of nitrogens with one attached hydrogen (secondary N) is 1. The van der Waals surface area contributed by atoms with E-state index in [1.54, 1.807) is 0 Å². The van der Waals surface area contributed by atoms with E-state index in [0.717, 1.165) is 12.8 Å². The van der Waals surface area contributed by atoms with E-state index < -0.39 is 8.25 Å². The van der Waals surface area contributed by atoms with Crippen LogP contribution in [0.2, 0.25) is 0 Å². The van der Waals surface area contributed by atoms with Crippen molar-refractivity contribution in [2.75, 3.05) is 19.7 Å². The average Bonchev–Trinajstić information content (AvgIpc) is 2.06. The summed E-state index contributed by atoms with van der Waals surface area (Å²) in [6.45, 7) is 3.41. The van der Waals surface area contributed by atoms with Crippen molar-refractivity contribution in [3.8, 4) is 0 Å². The van der Waals surface area contributed by atoms with Crippen LogP contribution in [0.4, 0.5) is 0 Å². The summed E-state index contributed by atoms with van der Waals surface area (Å²) in [7, 11) is -2.02. The Hall–Kier alpha value is 0.434. The van der Waals surface area contributed by atoms with Gasteiger partial charge >= 0.3 is 8.25 Å². The maximum absolute atomic E-state index is 10.8. The molecule has 0 aromatic carbocycles. The fourth-order valence-corrected chi connectivity index (χ4v) is 0.995. The molecule has 0 heterocycles. The van der Waals surface area contributed by atoms with Crippen molar-refractivity contribution < 1.29 is 30.2 Å². The van der Waals surface area contributed by atoms with Crippen molar-refractivity contribution in [3.05, 3.63) is 0 Å². The number of hydrogen-bond acceptors (Lipinski definition) is 5. The van der Waals surface area contributed by atoms with E-state index in [9.17, 15) is 4.57 Å². The van der Waals surface area contributed by atoms with Crippen LogP contribution in [0.1, 0.15) is 19.8 Å². The van der Waals surface area contributed by atoms with Gasteiger partial charge in [-0.05, 0) is 11.0 Å². The van der Waals surface area contributed by atoms with Crippen molar-refractivity contribution in [3.63, 3.8) is 0 Å². The van der Waals surface area contributed by atoms with Crippen LogP contribution in [0.25, 0.3) is 0 Å². The summed E-state index contributed by atoms with van der Waals surface area (Å²) in [5.41, 5.74) is 7.59. The Kier molecular flexibility index (Phi) is 15.2. The van der Waals surface area contributed by atoms with Gasteiger partial charge in [0.05, 0.1) is 0 Å². The fourth-order valence-electron chi connectivity index (χ4n) is 0.467. The van der Waals surface area contributed by atoms with Crippen LogP contribution in [0.5, 0.6) is 0 Å². The van der Waals surface area contributed by atoms with Gasteiger partial charge in [0.2, 0.25) is 0 Å². The van der Waals surface area contributed by atoms with E-state index in [4.69, 9.17) is 10.3 Å². The molecule has 0 amide bonds. The van der Waals surface area contributed by atoms with Crippen LogP contribution in [-0.2, 0) is 30.2 Å². The normalized spacial score (nSPS) is 10.8. The molecular weight excluding hydrogens is 238 g/mol. The molecule has 0 saturated carbocycles. The Balaban J connectivity index is 0. The number of rotatable bonds is 8. The van der Waals surface area contributed by atoms with E-state index in [-0.39, 0.29) is 16.5 Å². The SMILES string of the molecule is CCCCO[P+](=O)ONCCN.[Ni]. The first-order valence-corrected chi connectivity index (χ1v) is 5.10. The Morgan fingerprint density at radius 3 is 2.77 bits per heavy atom. The summed E-state index contributed by atoms with van der Waals surface area (Å²) >= 11 is 0. The minimum atomic E-state index is -2.02. The average molecular weight is 254 g/mol. The van der Waals surface area contributed by atoms with Crippen LogP contribution in [-0.4, -0.2) is 19.7 Å². The third-order valence-corrected chi connectivity index (χ3v) is 1.75. The summed E-state index contributed by atoms with van der Waals surface area (Å²) in [6.07, 6.45) is 1.90. The third-order valence-electron chi connectivity index (χ3n) is 1.08. The van der Waals surface area contributed by atoms with Gasteiger partial charge in [-0.2, -0.15) is 0 Å². The Labute approximate surface area is 89.6 Å². The molecule has 0 rings (SSSR count). The van der Waals surface area contributed by atoms with Gasteiger partial charge in [-0.25, -0.2) is 0 Å². The predicted octanol–water partition coefficient (Wildman–Crippen LogP) is 0.938. The molecule has 7 heteroatoms. The Morgan fingerprint density at radius 2 is 2.23 bits per heavy atom. The van der Waals surface area contributed by atoms with Crippen LogP contribution in [0.15, 0.2) is 0 Å². The van der Waals surface area contributed by atoms with Gasteiger partial charge in [-0.3, -0.25) is 0 Å². The quantitative estimate of drug-likeness (QED) is 0.292. The van der Waals surface area contributed by atoms with Gasteiger partial charge in [0.1, 0.15) is 6.61 Å². The summed E-state index contributed by atoms with van der Waals surface area (Å²) in [5.74, 6) is 0. The zero-order valence-electron chi connectivity index (χ0n) is 7.60. The van der Waals surface area contributed by atoms with Gasteiger partial charge in [0, 0.05) is 34.1 Å². The van der Waals surface area contributed by atoms with E-state index in [2.05, 4.69) is 10.1 Å². The zero-order chi connectivity index (χ0) is 9.23. The molecule has 82 valence electrons. The van der Waals surface area contributed by atoms with E-state index in [1.165, 1.54) is 0 Å². The van der Waals surface area contributed by atoms with Gasteiger partial charge in [0.25, 0.3) is 0 Å². The monoisotopic (exact) mass is 253 g/mol. The second-order valence-electron chi connectivity index (χ2n) is 2.18. The van der Waals surface area contributed by atoms with E-state index >= 15 is 0 Å². The summed E-state index contributed by atoms with van der Waals surface area (Å²) in [6, 6.07) is 0. The zero-order valence-corrected chi connectivity index (χ0v) is 9.48. The van der Waals surface area contributed by atoms with Crippen LogP contribution in [0, 0.1) is 0 Å². The molecule has 5 nitrogen and oxygen atoms in total. The second-order valence-corrected chi connectivity index (χ2v) is 3.07. The van der Waals surface area contributed by atoms with Crippen molar-refractivity contribution in [2.45, 2.75) is 19.8 Å². The summed E-state index contributed by atoms with van der Waals surface area (Å²) in [5, 5.41) is 0. The number of hydroxylamine groups is 1. The van der Waals surface area contributed by atoms with Gasteiger partial charge in [-0.15, -0.1) is 10.0 Å². The molecule has 0 fully saturated rings. The number of nitrogens with two attached hydrogens (primary N) is 1. The van der Waals surface area contributed by atoms with Crippen LogP contribution < -0.4 is 11.2 Å². The molecule has 0 aromatic rings. The maximum atomic E-state index is 10.8. The minimum Gasteiger partial charge on any atom is -0.329 e. The first-order valence-electron chi connectivity index (χ1n) is 4.01. The summed E-state index contributed by atoms with van der Waals surface area (Å²) < 4.78 is 20.2. The molecule has 0 aromatic heterocycles. The van der Waals surface area contributed by atoms with Crippen molar-refractivity contribution in [1.82, 2.24) is 5.48 Å². The smallest absolute Gasteiger partial charge is 0.329 e. The maximum Gasteiger partial charge on any atom is 0.716 e. The molecule has 13 heavy (non-hydrogen) atoms. The van der Waals surface area contributed by atoms with Crippen molar-refractivity contribution in [2.24, 2.45) is 5.73 Å². The number of hydrogen-bond donors (Lipinski definition) is 2. The van der Waals surface area contributed by atoms with Crippen LogP contribution in [0.3, 0.4) is 0 Å². The molecule has 0 aliphatic heterocycles. The third kappa shape index (κ3) is 12.4. The van der Waals surface area contributed by atoms with Crippen molar-refractivity contribution >= 4 is 8.25 Å². The standard InChI is InChI=1S/C6H16N2O3P.Ni/c1-2-3-6-10-12(9)11-8-5-4-7;/h8H,2-7H2,1H3;/q+1;. The molecule has 0 spiro atoms. The van der Waals surface area contributed by atoms with Gasteiger partial charge in [0.15, 0.2) is 0 Å². The molecule has 0 saturated heterocycles. The van der Waals surface area contributed by atoms with Crippen molar-refractivity contribution in [1.29, 1.82) is 0 Å². The van der Waals surface area contributed by atoms with Gasteiger partial charge in [-0.1, -0.05) is 13.3 Å². The molecule has 3 N–H and O–H groups in total. The first kappa shape index (κ1) is 15.9. The second kappa shape index (κ2) is 12.4. The van der Waals surface area contributed by atoms with Crippen LogP contribution >= 0.6 is 8.25 Å². The minimum absolute atomic E-state index is 0. The molecule has 0 aliphatic carbocycles. The number of unbranched alkanes of at least 4 members (excludes halogenated alkanes) is 1. The Bertz CT molecular complexity index is 116. The Morgan fingerprint density at radius 1 is 1.54 bits per heavy atom. The largest absolute Gasteiger partial charge is 0.716 e. The molecule has 1 atom stereocenters. The molecule has 0 bridgehead atoms. The molecule has 1 unspecified atom stereocenters. The fraction of sp³-hybridized carbons (Fsp3) is 1.00. The van der Waals surface area contributed by atoms with E-state index in [0.29, 0.717) is 19.7 Å². The molecule has 0 aliphatic rings. The van der Waals surface area contributed by atoms with Gasteiger partial charge < -0.3 is 5.73 Å². The van der Waals surface area contributed by atoms with E-state index in [1.807, 2.05) is 6.92 Å². The first-order chi connectivity index (χ1) is 5.81. The summed E-state index contributed by atoms with van der Waals surface area (Å²) in [4.78, 5) is 0. The predicted molar refractivity (Wildman–Crippen MR) is 46.6 cm³/mol. The topological polar surface area (TPSA) is 73.6 Å². The molecular formula is C6H16N2NiO3P+.